The van der Waals surface area contributed by atoms with Crippen molar-refractivity contribution >= 4 is 15.9 Å². The lowest BCUT2D eigenvalue weighted by Crippen LogP contribution is -2.43. The zero-order valence-electron chi connectivity index (χ0n) is 12.2. The normalized spacial score (nSPS) is 17.8. The second-order valence-electron chi connectivity index (χ2n) is 5.96. The van der Waals surface area contributed by atoms with Gasteiger partial charge in [-0.15, -0.1) is 10.2 Å². The Morgan fingerprint density at radius 1 is 1.19 bits per heavy atom. The van der Waals surface area contributed by atoms with Gasteiger partial charge in [0.15, 0.2) is 0 Å². The molecule has 0 spiro atoms. The number of nitrogens with one attached hydrogen (secondary N) is 1. The monoisotopic (exact) mass is 349 g/mol. The van der Waals surface area contributed by atoms with Crippen molar-refractivity contribution in [2.45, 2.75) is 51.1 Å². The van der Waals surface area contributed by atoms with Gasteiger partial charge in [-0.25, -0.2) is 0 Å². The average molecular weight is 350 g/mol. The van der Waals surface area contributed by atoms with Crippen LogP contribution in [0.5, 0.6) is 0 Å². The summed E-state index contributed by atoms with van der Waals surface area (Å²) in [7, 11) is 0. The van der Waals surface area contributed by atoms with Gasteiger partial charge in [0, 0.05) is 10.0 Å². The lowest BCUT2D eigenvalue weighted by Gasteiger charge is -2.34. The summed E-state index contributed by atoms with van der Waals surface area (Å²) in [6.45, 7) is 2.92. The maximum Gasteiger partial charge on any atom is 0.248 e. The van der Waals surface area contributed by atoms with E-state index in [1.807, 2.05) is 24.3 Å². The molecule has 1 saturated carbocycles. The molecule has 0 atom stereocenters. The number of hydrogen-bond donors (Lipinski definition) is 1. The molecular weight excluding hydrogens is 330 g/mol. The quantitative estimate of drug-likeness (QED) is 0.893. The van der Waals surface area contributed by atoms with Crippen LogP contribution in [0.15, 0.2) is 33.2 Å². The Hall–Kier alpha value is -1.20. The molecule has 2 aromatic rings. The van der Waals surface area contributed by atoms with Crippen LogP contribution >= 0.6 is 15.9 Å². The van der Waals surface area contributed by atoms with Crippen molar-refractivity contribution in [1.82, 2.24) is 15.5 Å². The van der Waals surface area contributed by atoms with Crippen molar-refractivity contribution < 1.29 is 4.42 Å². The van der Waals surface area contributed by atoms with E-state index in [1.165, 1.54) is 32.1 Å². The van der Waals surface area contributed by atoms with Crippen LogP contribution in [0.3, 0.4) is 0 Å². The molecule has 0 radical (unpaired) electrons. The van der Waals surface area contributed by atoms with Crippen LogP contribution in [-0.2, 0) is 6.54 Å². The summed E-state index contributed by atoms with van der Waals surface area (Å²) in [6.07, 6.45) is 6.39. The first kappa shape index (κ1) is 14.7. The number of halogens is 1. The van der Waals surface area contributed by atoms with Gasteiger partial charge in [-0.1, -0.05) is 31.4 Å². The average Bonchev–Trinajstić information content (AvgIpc) is 2.95. The minimum atomic E-state index is 0.209. The fourth-order valence-corrected chi connectivity index (χ4v) is 3.32. The van der Waals surface area contributed by atoms with Gasteiger partial charge >= 0.3 is 0 Å². The largest absolute Gasteiger partial charge is 0.419 e. The smallest absolute Gasteiger partial charge is 0.248 e. The second-order valence-corrected chi connectivity index (χ2v) is 6.81. The fraction of sp³-hybridized carbons (Fsp3) is 0.500. The Morgan fingerprint density at radius 2 is 1.95 bits per heavy atom. The van der Waals surface area contributed by atoms with Crippen molar-refractivity contribution in [1.29, 1.82) is 0 Å². The van der Waals surface area contributed by atoms with E-state index in [0.29, 0.717) is 18.3 Å². The highest BCUT2D eigenvalue weighted by Crippen LogP contribution is 2.29. The molecule has 1 N–H and O–H groups in total. The van der Waals surface area contributed by atoms with Gasteiger partial charge < -0.3 is 9.73 Å². The molecule has 112 valence electrons. The van der Waals surface area contributed by atoms with Crippen LogP contribution in [0.1, 0.15) is 44.9 Å². The summed E-state index contributed by atoms with van der Waals surface area (Å²) in [5.41, 5.74) is 1.14. The topological polar surface area (TPSA) is 51.0 Å². The number of aromatic nitrogens is 2. The lowest BCUT2D eigenvalue weighted by atomic mass is 9.83. The molecule has 1 heterocycles. The van der Waals surface area contributed by atoms with Gasteiger partial charge in [0.05, 0.1) is 12.1 Å². The third kappa shape index (κ3) is 3.52. The minimum absolute atomic E-state index is 0.209. The van der Waals surface area contributed by atoms with E-state index < -0.39 is 0 Å². The van der Waals surface area contributed by atoms with Gasteiger partial charge in [-0.2, -0.15) is 0 Å². The summed E-state index contributed by atoms with van der Waals surface area (Å²) >= 11 is 3.51. The van der Waals surface area contributed by atoms with Crippen LogP contribution in [0, 0.1) is 0 Å². The Morgan fingerprint density at radius 3 is 2.71 bits per heavy atom. The molecule has 0 unspecified atom stereocenters. The predicted octanol–water partition coefficient (Wildman–Crippen LogP) is 4.31. The molecule has 0 aliphatic heterocycles. The molecule has 1 aromatic heterocycles. The van der Waals surface area contributed by atoms with E-state index in [-0.39, 0.29) is 5.54 Å². The van der Waals surface area contributed by atoms with Gasteiger partial charge in [0.2, 0.25) is 11.8 Å². The Bertz CT molecular complexity index is 605. The van der Waals surface area contributed by atoms with Crippen molar-refractivity contribution in [3.8, 4) is 11.5 Å². The highest BCUT2D eigenvalue weighted by atomic mass is 79.9. The summed E-state index contributed by atoms with van der Waals surface area (Å²) in [6, 6.07) is 7.87. The third-order valence-corrected chi connectivity index (χ3v) is 4.89. The number of benzene rings is 1. The van der Waals surface area contributed by atoms with Crippen molar-refractivity contribution in [3.63, 3.8) is 0 Å². The number of hydrogen-bond acceptors (Lipinski definition) is 4. The first-order chi connectivity index (χ1) is 10.2. The zero-order chi connectivity index (χ0) is 14.7. The maximum absolute atomic E-state index is 5.77. The Labute approximate surface area is 133 Å². The molecule has 5 heteroatoms. The molecule has 0 bridgehead atoms. The summed E-state index contributed by atoms with van der Waals surface area (Å²) in [5, 5.41) is 11.9. The Kier molecular flexibility index (Phi) is 4.40. The summed E-state index contributed by atoms with van der Waals surface area (Å²) < 4.78 is 6.74. The van der Waals surface area contributed by atoms with E-state index >= 15 is 0 Å². The van der Waals surface area contributed by atoms with E-state index in [9.17, 15) is 0 Å². The first-order valence-electron chi connectivity index (χ1n) is 7.49. The van der Waals surface area contributed by atoms with Gasteiger partial charge in [0.1, 0.15) is 0 Å². The van der Waals surface area contributed by atoms with Gasteiger partial charge in [0.25, 0.3) is 0 Å². The van der Waals surface area contributed by atoms with E-state index in [2.05, 4.69) is 38.4 Å². The third-order valence-electron chi connectivity index (χ3n) is 4.19. The standard InChI is InChI=1S/C16H20BrN3O/c1-16(9-5-2-6-10-16)18-11-14-19-20-15(21-14)12-7-3-4-8-13(12)17/h3-4,7-8,18H,2,5-6,9-11H2,1H3. The SMILES string of the molecule is CC1(NCc2nnc(-c3ccccc3Br)o2)CCCCC1. The zero-order valence-corrected chi connectivity index (χ0v) is 13.8. The molecule has 1 aliphatic rings. The molecule has 0 amide bonds. The van der Waals surface area contributed by atoms with Gasteiger partial charge in [-0.05, 0) is 47.8 Å². The van der Waals surface area contributed by atoms with Gasteiger partial charge in [-0.3, -0.25) is 0 Å². The van der Waals surface area contributed by atoms with Crippen LogP contribution < -0.4 is 5.32 Å². The molecular formula is C16H20BrN3O. The summed E-state index contributed by atoms with van der Waals surface area (Å²) in [4.78, 5) is 0. The second kappa shape index (κ2) is 6.28. The molecule has 0 saturated heterocycles. The van der Waals surface area contributed by atoms with Crippen molar-refractivity contribution in [3.05, 3.63) is 34.6 Å². The molecule has 21 heavy (non-hydrogen) atoms. The van der Waals surface area contributed by atoms with Crippen LogP contribution in [0.4, 0.5) is 0 Å². The van der Waals surface area contributed by atoms with Crippen LogP contribution in [-0.4, -0.2) is 15.7 Å². The van der Waals surface area contributed by atoms with Crippen molar-refractivity contribution in [2.75, 3.05) is 0 Å². The maximum atomic E-state index is 5.77. The molecule has 1 fully saturated rings. The molecule has 4 nitrogen and oxygen atoms in total. The minimum Gasteiger partial charge on any atom is -0.419 e. The summed E-state index contributed by atoms with van der Waals surface area (Å²) in [5.74, 6) is 1.21. The highest BCUT2D eigenvalue weighted by Gasteiger charge is 2.26. The van der Waals surface area contributed by atoms with E-state index in [4.69, 9.17) is 4.42 Å². The van der Waals surface area contributed by atoms with E-state index in [0.717, 1.165) is 10.0 Å². The first-order valence-corrected chi connectivity index (χ1v) is 8.28. The highest BCUT2D eigenvalue weighted by molar-refractivity contribution is 9.10. The fourth-order valence-electron chi connectivity index (χ4n) is 2.87. The Balaban J connectivity index is 1.67. The van der Waals surface area contributed by atoms with E-state index in [1.54, 1.807) is 0 Å². The number of nitrogens with zero attached hydrogens (tertiary/aromatic N) is 2. The van der Waals surface area contributed by atoms with Crippen LogP contribution in [0.25, 0.3) is 11.5 Å². The van der Waals surface area contributed by atoms with Crippen molar-refractivity contribution in [2.24, 2.45) is 0 Å². The van der Waals surface area contributed by atoms with Crippen LogP contribution in [0.2, 0.25) is 0 Å². The predicted molar refractivity (Wildman–Crippen MR) is 85.8 cm³/mol. The number of rotatable bonds is 4. The molecule has 1 aliphatic carbocycles. The molecule has 3 rings (SSSR count). The lowest BCUT2D eigenvalue weighted by molar-refractivity contribution is 0.244. The molecule has 1 aromatic carbocycles.